The van der Waals surface area contributed by atoms with Crippen molar-refractivity contribution in [3.63, 3.8) is 0 Å². The van der Waals surface area contributed by atoms with E-state index >= 15 is 0 Å². The van der Waals surface area contributed by atoms with E-state index in [1.54, 1.807) is 48.7 Å². The summed E-state index contributed by atoms with van der Waals surface area (Å²) in [6.07, 6.45) is 2.21. The number of aromatic nitrogens is 1. The van der Waals surface area contributed by atoms with Crippen LogP contribution >= 0.6 is 0 Å². The standard InChI is InChI=1S/C15H15N3O2/c1-2-13(11-6-8-12(19)9-7-11)17-18-15(20)14-5-3-4-10-16-14/h3-10,19H,2H2,1H3,(H,18,20). The van der Waals surface area contributed by atoms with Gasteiger partial charge < -0.3 is 5.11 Å². The molecule has 0 bridgehead atoms. The molecule has 0 aliphatic carbocycles. The van der Waals surface area contributed by atoms with Crippen LogP contribution < -0.4 is 5.43 Å². The van der Waals surface area contributed by atoms with E-state index in [9.17, 15) is 9.90 Å². The number of carbonyl (C=O) groups is 1. The molecule has 1 heterocycles. The summed E-state index contributed by atoms with van der Waals surface area (Å²) < 4.78 is 0. The average molecular weight is 269 g/mol. The highest BCUT2D eigenvalue weighted by Crippen LogP contribution is 2.11. The number of aromatic hydroxyl groups is 1. The lowest BCUT2D eigenvalue weighted by Gasteiger charge is -2.05. The van der Waals surface area contributed by atoms with Crippen LogP contribution in [0, 0.1) is 0 Å². The van der Waals surface area contributed by atoms with E-state index in [2.05, 4.69) is 15.5 Å². The van der Waals surface area contributed by atoms with Gasteiger partial charge in [-0.15, -0.1) is 0 Å². The predicted molar refractivity (Wildman–Crippen MR) is 76.6 cm³/mol. The van der Waals surface area contributed by atoms with Gasteiger partial charge in [-0.05, 0) is 48.4 Å². The van der Waals surface area contributed by atoms with Gasteiger partial charge in [-0.1, -0.05) is 13.0 Å². The zero-order valence-corrected chi connectivity index (χ0v) is 11.1. The van der Waals surface area contributed by atoms with Crippen LogP contribution in [0.2, 0.25) is 0 Å². The van der Waals surface area contributed by atoms with Crippen LogP contribution in [0.15, 0.2) is 53.8 Å². The van der Waals surface area contributed by atoms with Gasteiger partial charge >= 0.3 is 0 Å². The van der Waals surface area contributed by atoms with Crippen LogP contribution in [0.1, 0.15) is 29.4 Å². The fraction of sp³-hybridized carbons (Fsp3) is 0.133. The Morgan fingerprint density at radius 1 is 1.25 bits per heavy atom. The molecule has 0 aliphatic heterocycles. The molecule has 20 heavy (non-hydrogen) atoms. The SMILES string of the molecule is CCC(=NNC(=O)c1ccccn1)c1ccc(O)cc1. The highest BCUT2D eigenvalue weighted by Gasteiger charge is 2.06. The molecule has 0 radical (unpaired) electrons. The first-order valence-corrected chi connectivity index (χ1v) is 6.28. The van der Waals surface area contributed by atoms with Crippen LogP contribution in [0.4, 0.5) is 0 Å². The van der Waals surface area contributed by atoms with Crippen LogP contribution in [0.5, 0.6) is 5.75 Å². The van der Waals surface area contributed by atoms with Gasteiger partial charge in [0.05, 0.1) is 5.71 Å². The van der Waals surface area contributed by atoms with E-state index in [1.807, 2.05) is 6.92 Å². The molecular weight excluding hydrogens is 254 g/mol. The Morgan fingerprint density at radius 3 is 2.60 bits per heavy atom. The summed E-state index contributed by atoms with van der Waals surface area (Å²) in [5.74, 6) is -0.156. The monoisotopic (exact) mass is 269 g/mol. The molecule has 0 unspecified atom stereocenters. The molecule has 1 amide bonds. The number of nitrogens with one attached hydrogen (secondary N) is 1. The third-order valence-electron chi connectivity index (χ3n) is 2.73. The van der Waals surface area contributed by atoms with Crippen molar-refractivity contribution in [1.82, 2.24) is 10.4 Å². The zero-order chi connectivity index (χ0) is 14.4. The highest BCUT2D eigenvalue weighted by atomic mass is 16.3. The summed E-state index contributed by atoms with van der Waals surface area (Å²) in [5, 5.41) is 13.4. The van der Waals surface area contributed by atoms with Crippen LogP contribution in [-0.4, -0.2) is 21.7 Å². The third kappa shape index (κ3) is 3.41. The maximum Gasteiger partial charge on any atom is 0.289 e. The maximum atomic E-state index is 11.8. The molecule has 1 aromatic heterocycles. The molecular formula is C15H15N3O2. The minimum atomic E-state index is -0.352. The number of hydrazone groups is 1. The Morgan fingerprint density at radius 2 is 2.00 bits per heavy atom. The van der Waals surface area contributed by atoms with E-state index in [0.29, 0.717) is 12.1 Å². The first kappa shape index (κ1) is 13.7. The van der Waals surface area contributed by atoms with E-state index in [1.165, 1.54) is 0 Å². The molecule has 5 heteroatoms. The summed E-state index contributed by atoms with van der Waals surface area (Å²) in [7, 11) is 0. The van der Waals surface area contributed by atoms with Crippen molar-refractivity contribution in [2.24, 2.45) is 5.10 Å². The zero-order valence-electron chi connectivity index (χ0n) is 11.1. The van der Waals surface area contributed by atoms with Gasteiger partial charge in [0.25, 0.3) is 5.91 Å². The second-order valence-corrected chi connectivity index (χ2v) is 4.11. The number of phenolic OH excluding ortho intramolecular Hbond substituents is 1. The minimum absolute atomic E-state index is 0.196. The van der Waals surface area contributed by atoms with Crippen molar-refractivity contribution >= 4 is 11.6 Å². The van der Waals surface area contributed by atoms with Gasteiger partial charge in [0, 0.05) is 6.20 Å². The molecule has 0 saturated heterocycles. The number of carbonyl (C=O) groups excluding carboxylic acids is 1. The first-order chi connectivity index (χ1) is 9.70. The van der Waals surface area contributed by atoms with Gasteiger partial charge in [-0.3, -0.25) is 9.78 Å². The Bertz CT molecular complexity index is 607. The summed E-state index contributed by atoms with van der Waals surface area (Å²) in [6.45, 7) is 1.94. The lowest BCUT2D eigenvalue weighted by atomic mass is 10.1. The highest BCUT2D eigenvalue weighted by molar-refractivity contribution is 6.01. The Labute approximate surface area is 117 Å². The quantitative estimate of drug-likeness (QED) is 0.660. The largest absolute Gasteiger partial charge is 0.508 e. The number of hydrogen-bond acceptors (Lipinski definition) is 4. The van der Waals surface area contributed by atoms with Gasteiger partial charge in [-0.2, -0.15) is 5.10 Å². The number of hydrogen-bond donors (Lipinski definition) is 2. The molecule has 0 aliphatic rings. The molecule has 1 aromatic carbocycles. The topological polar surface area (TPSA) is 74.6 Å². The number of nitrogens with zero attached hydrogens (tertiary/aromatic N) is 2. The molecule has 0 fully saturated rings. The normalized spacial score (nSPS) is 11.2. The van der Waals surface area contributed by atoms with Gasteiger partial charge in [0.15, 0.2) is 0 Å². The first-order valence-electron chi connectivity index (χ1n) is 6.28. The summed E-state index contributed by atoms with van der Waals surface area (Å²) in [4.78, 5) is 15.8. The van der Waals surface area contributed by atoms with E-state index in [-0.39, 0.29) is 11.7 Å². The Kier molecular flexibility index (Phi) is 4.44. The number of pyridine rings is 1. The molecule has 2 N–H and O–H groups in total. The van der Waals surface area contributed by atoms with Crippen LogP contribution in [0.25, 0.3) is 0 Å². The number of phenols is 1. The van der Waals surface area contributed by atoms with E-state index in [4.69, 9.17) is 0 Å². The second kappa shape index (κ2) is 6.47. The van der Waals surface area contributed by atoms with Crippen LogP contribution in [0.3, 0.4) is 0 Å². The van der Waals surface area contributed by atoms with E-state index < -0.39 is 0 Å². The average Bonchev–Trinajstić information content (AvgIpc) is 2.50. The summed E-state index contributed by atoms with van der Waals surface area (Å²) >= 11 is 0. The Hall–Kier alpha value is -2.69. The lowest BCUT2D eigenvalue weighted by Crippen LogP contribution is -2.20. The maximum absolute atomic E-state index is 11.8. The fourth-order valence-corrected chi connectivity index (χ4v) is 1.67. The van der Waals surface area contributed by atoms with Gasteiger partial charge in [-0.25, -0.2) is 5.43 Å². The fourth-order valence-electron chi connectivity index (χ4n) is 1.67. The van der Waals surface area contributed by atoms with Crippen molar-refractivity contribution in [1.29, 1.82) is 0 Å². The molecule has 102 valence electrons. The number of amides is 1. The number of rotatable bonds is 4. The minimum Gasteiger partial charge on any atom is -0.508 e. The summed E-state index contributed by atoms with van der Waals surface area (Å²) in [5.41, 5.74) is 4.39. The van der Waals surface area contributed by atoms with E-state index in [0.717, 1.165) is 11.3 Å². The molecule has 0 atom stereocenters. The van der Waals surface area contributed by atoms with Crippen molar-refractivity contribution < 1.29 is 9.90 Å². The Balaban J connectivity index is 2.12. The van der Waals surface area contributed by atoms with Crippen molar-refractivity contribution in [3.05, 3.63) is 59.9 Å². The van der Waals surface area contributed by atoms with Crippen molar-refractivity contribution in [3.8, 4) is 5.75 Å². The van der Waals surface area contributed by atoms with Crippen molar-refractivity contribution in [2.45, 2.75) is 13.3 Å². The molecule has 5 nitrogen and oxygen atoms in total. The van der Waals surface area contributed by atoms with Crippen LogP contribution in [-0.2, 0) is 0 Å². The van der Waals surface area contributed by atoms with Gasteiger partial charge in [0.1, 0.15) is 11.4 Å². The third-order valence-corrected chi connectivity index (χ3v) is 2.73. The summed E-state index contributed by atoms with van der Waals surface area (Å²) in [6, 6.07) is 11.8. The second-order valence-electron chi connectivity index (χ2n) is 4.11. The van der Waals surface area contributed by atoms with Gasteiger partial charge in [0.2, 0.25) is 0 Å². The van der Waals surface area contributed by atoms with Crippen molar-refractivity contribution in [2.75, 3.05) is 0 Å². The molecule has 0 saturated carbocycles. The molecule has 0 spiro atoms. The lowest BCUT2D eigenvalue weighted by molar-refractivity contribution is 0.0950. The predicted octanol–water partition coefficient (Wildman–Crippen LogP) is 2.33. The molecule has 2 aromatic rings. The molecule has 2 rings (SSSR count). The smallest absolute Gasteiger partial charge is 0.289 e. The number of benzene rings is 1.